The minimum Gasteiger partial charge on any atom is -0.371 e. The van der Waals surface area contributed by atoms with Crippen LogP contribution in [0.2, 0.25) is 0 Å². The number of anilines is 1. The molecule has 0 spiro atoms. The van der Waals surface area contributed by atoms with Crippen molar-refractivity contribution in [2.24, 2.45) is 5.92 Å². The van der Waals surface area contributed by atoms with Gasteiger partial charge in [-0.15, -0.1) is 0 Å². The fourth-order valence-corrected chi connectivity index (χ4v) is 1.47. The highest BCUT2D eigenvalue weighted by atomic mass is 16.5. The van der Waals surface area contributed by atoms with Crippen molar-refractivity contribution in [3.8, 4) is 6.07 Å². The molecule has 0 unspecified atom stereocenters. The van der Waals surface area contributed by atoms with Gasteiger partial charge in [0, 0.05) is 5.69 Å². The second-order valence-electron chi connectivity index (χ2n) is 4.20. The number of hydrogen-bond donors (Lipinski definition) is 1. The molecule has 0 aliphatic heterocycles. The zero-order valence-electron chi connectivity index (χ0n) is 9.48. The van der Waals surface area contributed by atoms with Crippen LogP contribution in [0.3, 0.4) is 0 Å². The van der Waals surface area contributed by atoms with Gasteiger partial charge in [0.1, 0.15) is 6.61 Å². The Morgan fingerprint density at radius 2 is 2.35 bits per heavy atom. The molecule has 1 aromatic carbocycles. The Morgan fingerprint density at radius 1 is 1.53 bits per heavy atom. The number of nitriles is 1. The Hall–Kier alpha value is -1.86. The number of rotatable bonds is 5. The summed E-state index contributed by atoms with van der Waals surface area (Å²) < 4.78 is 5.27. The summed E-state index contributed by atoms with van der Waals surface area (Å²) in [5.74, 6) is 0.477. The molecule has 1 amide bonds. The molecule has 0 heterocycles. The van der Waals surface area contributed by atoms with Gasteiger partial charge in [0.05, 0.1) is 18.2 Å². The van der Waals surface area contributed by atoms with Crippen LogP contribution in [0.5, 0.6) is 0 Å². The molecule has 1 saturated carbocycles. The molecule has 0 saturated heterocycles. The maximum absolute atomic E-state index is 11.5. The van der Waals surface area contributed by atoms with Gasteiger partial charge >= 0.3 is 0 Å². The highest BCUT2D eigenvalue weighted by Gasteiger charge is 2.21. The predicted octanol–water partition coefficient (Wildman–Crippen LogP) is 1.92. The van der Waals surface area contributed by atoms with E-state index in [1.54, 1.807) is 24.3 Å². The Balaban J connectivity index is 1.78. The summed E-state index contributed by atoms with van der Waals surface area (Å²) in [6.07, 6.45) is 2.43. The van der Waals surface area contributed by atoms with Crippen molar-refractivity contribution >= 4 is 11.6 Å². The lowest BCUT2D eigenvalue weighted by molar-refractivity contribution is -0.120. The Kier molecular flexibility index (Phi) is 3.73. The first-order chi connectivity index (χ1) is 8.28. The van der Waals surface area contributed by atoms with E-state index in [-0.39, 0.29) is 12.5 Å². The number of carbonyl (C=O) groups excluding carboxylic acids is 1. The highest BCUT2D eigenvalue weighted by Crippen LogP contribution is 2.28. The molecular formula is C13H14N2O2. The van der Waals surface area contributed by atoms with E-state index in [4.69, 9.17) is 10.00 Å². The third-order valence-electron chi connectivity index (χ3n) is 2.56. The van der Waals surface area contributed by atoms with Gasteiger partial charge in [-0.05, 0) is 37.0 Å². The zero-order chi connectivity index (χ0) is 12.1. The van der Waals surface area contributed by atoms with Gasteiger partial charge in [0.25, 0.3) is 0 Å². The third kappa shape index (κ3) is 3.89. The molecule has 1 aliphatic carbocycles. The zero-order valence-corrected chi connectivity index (χ0v) is 9.48. The maximum atomic E-state index is 11.5. The number of ether oxygens (including phenoxy) is 1. The Bertz CT molecular complexity index is 447. The second-order valence-corrected chi connectivity index (χ2v) is 4.20. The van der Waals surface area contributed by atoms with Crippen LogP contribution < -0.4 is 5.32 Å². The first kappa shape index (κ1) is 11.6. The van der Waals surface area contributed by atoms with Crippen LogP contribution in [0.15, 0.2) is 24.3 Å². The molecule has 4 heteroatoms. The van der Waals surface area contributed by atoms with Crippen LogP contribution in [0.25, 0.3) is 0 Å². The van der Waals surface area contributed by atoms with Crippen LogP contribution in [0.1, 0.15) is 18.4 Å². The topological polar surface area (TPSA) is 62.1 Å². The first-order valence-corrected chi connectivity index (χ1v) is 5.65. The summed E-state index contributed by atoms with van der Waals surface area (Å²) in [6.45, 7) is 0.749. The van der Waals surface area contributed by atoms with Crippen molar-refractivity contribution < 1.29 is 9.53 Å². The van der Waals surface area contributed by atoms with E-state index >= 15 is 0 Å². The average molecular weight is 230 g/mol. The summed E-state index contributed by atoms with van der Waals surface area (Å²) in [5.41, 5.74) is 1.16. The molecule has 88 valence electrons. The predicted molar refractivity (Wildman–Crippen MR) is 63.3 cm³/mol. The van der Waals surface area contributed by atoms with Gasteiger partial charge in [-0.1, -0.05) is 6.07 Å². The van der Waals surface area contributed by atoms with E-state index in [9.17, 15) is 4.79 Å². The number of nitrogens with zero attached hydrogens (tertiary/aromatic N) is 1. The van der Waals surface area contributed by atoms with Gasteiger partial charge in [0.15, 0.2) is 0 Å². The van der Waals surface area contributed by atoms with Crippen molar-refractivity contribution in [3.05, 3.63) is 29.8 Å². The molecular weight excluding hydrogens is 216 g/mol. The van der Waals surface area contributed by atoms with Crippen molar-refractivity contribution in [3.63, 3.8) is 0 Å². The lowest BCUT2D eigenvalue weighted by Crippen LogP contribution is -2.19. The number of carbonyl (C=O) groups is 1. The van der Waals surface area contributed by atoms with Crippen molar-refractivity contribution in [2.75, 3.05) is 18.5 Å². The minimum atomic E-state index is -0.180. The minimum absolute atomic E-state index is 0.0767. The molecule has 1 fully saturated rings. The number of benzene rings is 1. The summed E-state index contributed by atoms with van der Waals surface area (Å²) in [4.78, 5) is 11.5. The molecule has 0 radical (unpaired) electrons. The average Bonchev–Trinajstić information content (AvgIpc) is 3.13. The Morgan fingerprint density at radius 3 is 3.06 bits per heavy atom. The molecule has 1 aromatic rings. The molecule has 4 nitrogen and oxygen atoms in total. The van der Waals surface area contributed by atoms with E-state index in [0.29, 0.717) is 23.8 Å². The number of hydrogen-bond acceptors (Lipinski definition) is 3. The monoisotopic (exact) mass is 230 g/mol. The van der Waals surface area contributed by atoms with E-state index in [1.807, 2.05) is 6.07 Å². The van der Waals surface area contributed by atoms with Crippen LogP contribution in [0, 0.1) is 17.2 Å². The second kappa shape index (κ2) is 5.46. The van der Waals surface area contributed by atoms with E-state index in [1.165, 1.54) is 12.8 Å². The molecule has 17 heavy (non-hydrogen) atoms. The van der Waals surface area contributed by atoms with Crippen molar-refractivity contribution in [1.82, 2.24) is 0 Å². The largest absolute Gasteiger partial charge is 0.371 e. The van der Waals surface area contributed by atoms with Crippen molar-refractivity contribution in [1.29, 1.82) is 5.26 Å². The van der Waals surface area contributed by atoms with Gasteiger partial charge in [-0.25, -0.2) is 0 Å². The fourth-order valence-electron chi connectivity index (χ4n) is 1.47. The summed E-state index contributed by atoms with van der Waals surface area (Å²) in [5, 5.41) is 11.4. The maximum Gasteiger partial charge on any atom is 0.250 e. The first-order valence-electron chi connectivity index (χ1n) is 5.65. The number of nitrogens with one attached hydrogen (secondary N) is 1. The van der Waals surface area contributed by atoms with Crippen LogP contribution in [-0.2, 0) is 9.53 Å². The van der Waals surface area contributed by atoms with Gasteiger partial charge < -0.3 is 10.1 Å². The summed E-state index contributed by atoms with van der Waals surface area (Å²) in [7, 11) is 0. The number of amides is 1. The quantitative estimate of drug-likeness (QED) is 0.840. The van der Waals surface area contributed by atoms with Crippen LogP contribution in [0.4, 0.5) is 5.69 Å². The van der Waals surface area contributed by atoms with Gasteiger partial charge in [0.2, 0.25) is 5.91 Å². The lowest BCUT2D eigenvalue weighted by atomic mass is 10.2. The third-order valence-corrected chi connectivity index (χ3v) is 2.56. The van der Waals surface area contributed by atoms with Crippen LogP contribution in [-0.4, -0.2) is 19.1 Å². The summed E-state index contributed by atoms with van der Waals surface area (Å²) >= 11 is 0. The summed E-state index contributed by atoms with van der Waals surface area (Å²) in [6, 6.07) is 8.84. The standard InChI is InChI=1S/C13H14N2O2/c14-7-11-2-1-3-12(6-11)15-13(16)9-17-8-10-4-5-10/h1-3,6,10H,4-5,8-9H2,(H,15,16). The van der Waals surface area contributed by atoms with Gasteiger partial charge in [-0.3, -0.25) is 4.79 Å². The van der Waals surface area contributed by atoms with E-state index in [0.717, 1.165) is 0 Å². The smallest absolute Gasteiger partial charge is 0.250 e. The molecule has 1 aliphatic rings. The van der Waals surface area contributed by atoms with Gasteiger partial charge in [-0.2, -0.15) is 5.26 Å². The molecule has 0 bridgehead atoms. The SMILES string of the molecule is N#Cc1cccc(NC(=O)COCC2CC2)c1. The van der Waals surface area contributed by atoms with Crippen molar-refractivity contribution in [2.45, 2.75) is 12.8 Å². The molecule has 0 aromatic heterocycles. The highest BCUT2D eigenvalue weighted by molar-refractivity contribution is 5.91. The molecule has 0 atom stereocenters. The Labute approximate surface area is 100 Å². The van der Waals surface area contributed by atoms with E-state index < -0.39 is 0 Å². The van der Waals surface area contributed by atoms with Crippen LogP contribution >= 0.6 is 0 Å². The molecule has 2 rings (SSSR count). The normalized spacial score (nSPS) is 14.1. The molecule has 1 N–H and O–H groups in total. The fraction of sp³-hybridized carbons (Fsp3) is 0.385. The lowest BCUT2D eigenvalue weighted by Gasteiger charge is -2.05. The van der Waals surface area contributed by atoms with E-state index in [2.05, 4.69) is 5.32 Å².